The Bertz CT molecular complexity index is 1150. The smallest absolute Gasteiger partial charge is 0.161 e. The topological polar surface area (TPSA) is 57.4 Å². The molecule has 126 valence electrons. The second-order valence-corrected chi connectivity index (χ2v) is 6.88. The zero-order chi connectivity index (χ0) is 17.7. The van der Waals surface area contributed by atoms with E-state index in [1.54, 1.807) is 0 Å². The van der Waals surface area contributed by atoms with E-state index >= 15 is 0 Å². The molecule has 3 heterocycles. The summed E-state index contributed by atoms with van der Waals surface area (Å²) in [7, 11) is 0. The maximum Gasteiger partial charge on any atom is 0.161 e. The van der Waals surface area contributed by atoms with Gasteiger partial charge in [-0.1, -0.05) is 23.2 Å². The van der Waals surface area contributed by atoms with E-state index in [0.29, 0.717) is 10.8 Å². The number of aromatic amines is 2. The summed E-state index contributed by atoms with van der Waals surface area (Å²) in [5.41, 5.74) is 6.40. The zero-order valence-corrected chi connectivity index (χ0v) is 14.8. The molecule has 0 saturated heterocycles. The van der Waals surface area contributed by atoms with Crippen LogP contribution in [0.3, 0.4) is 0 Å². The molecule has 5 rings (SSSR count). The van der Waals surface area contributed by atoms with Crippen molar-refractivity contribution in [2.24, 2.45) is 0 Å². The van der Waals surface area contributed by atoms with Crippen LogP contribution in [0.2, 0.25) is 5.02 Å². The summed E-state index contributed by atoms with van der Waals surface area (Å²) >= 11 is 6.14. The summed E-state index contributed by atoms with van der Waals surface area (Å²) in [4.78, 5) is 15.8. The van der Waals surface area contributed by atoms with Crippen LogP contribution in [-0.4, -0.2) is 19.9 Å². The largest absolute Gasteiger partial charge is 0.361 e. The van der Waals surface area contributed by atoms with Crippen LogP contribution < -0.4 is 0 Å². The van der Waals surface area contributed by atoms with Gasteiger partial charge in [-0.3, -0.25) is 0 Å². The van der Waals surface area contributed by atoms with Gasteiger partial charge in [-0.2, -0.15) is 0 Å². The predicted octanol–water partition coefficient (Wildman–Crippen LogP) is 5.74. The van der Waals surface area contributed by atoms with Gasteiger partial charge in [-0.05, 0) is 37.3 Å². The highest BCUT2D eigenvalue weighted by molar-refractivity contribution is 6.31. The highest BCUT2D eigenvalue weighted by Gasteiger charge is 2.11. The molecule has 0 radical (unpaired) electrons. The number of H-pyrrole nitrogens is 2. The van der Waals surface area contributed by atoms with Crippen molar-refractivity contribution in [2.75, 3.05) is 0 Å². The highest BCUT2D eigenvalue weighted by Crippen LogP contribution is 2.31. The standard InChI is InChI=1S/C21H15ClN4/c1-12-2-4-19-15(6-12)17(10-23-19)13-8-25-21(26-9-13)18-11-24-20-5-3-14(22)7-16(18)20/h2-11,23-24H,1H3. The summed E-state index contributed by atoms with van der Waals surface area (Å²) in [5, 5.41) is 2.90. The van der Waals surface area contributed by atoms with E-state index in [-0.39, 0.29) is 0 Å². The van der Waals surface area contributed by atoms with Gasteiger partial charge in [0.15, 0.2) is 5.82 Å². The number of halogens is 1. The molecule has 5 aromatic rings. The Kier molecular flexibility index (Phi) is 3.33. The van der Waals surface area contributed by atoms with Crippen molar-refractivity contribution < 1.29 is 0 Å². The van der Waals surface area contributed by atoms with Gasteiger partial charge in [-0.15, -0.1) is 0 Å². The summed E-state index contributed by atoms with van der Waals surface area (Å²) in [6.45, 7) is 2.10. The number of fused-ring (bicyclic) bond motifs is 2. The SMILES string of the molecule is Cc1ccc2[nH]cc(-c3cnc(-c4c[nH]c5ccc(Cl)cc45)nc3)c2c1. The van der Waals surface area contributed by atoms with Crippen molar-refractivity contribution in [3.63, 3.8) is 0 Å². The van der Waals surface area contributed by atoms with Gasteiger partial charge in [0, 0.05) is 68.3 Å². The molecule has 0 unspecified atom stereocenters. The fourth-order valence-electron chi connectivity index (χ4n) is 3.36. The molecule has 4 nitrogen and oxygen atoms in total. The molecule has 0 atom stereocenters. The van der Waals surface area contributed by atoms with E-state index in [1.807, 2.05) is 43.0 Å². The van der Waals surface area contributed by atoms with Gasteiger partial charge in [0.25, 0.3) is 0 Å². The Morgan fingerprint density at radius 2 is 1.46 bits per heavy atom. The van der Waals surface area contributed by atoms with Gasteiger partial charge in [0.2, 0.25) is 0 Å². The minimum Gasteiger partial charge on any atom is -0.361 e. The lowest BCUT2D eigenvalue weighted by Gasteiger charge is -2.02. The van der Waals surface area contributed by atoms with Crippen molar-refractivity contribution in [1.29, 1.82) is 0 Å². The maximum atomic E-state index is 6.14. The summed E-state index contributed by atoms with van der Waals surface area (Å²) in [6, 6.07) is 12.1. The molecule has 0 aliphatic heterocycles. The fraction of sp³-hybridized carbons (Fsp3) is 0.0476. The summed E-state index contributed by atoms with van der Waals surface area (Å²) in [6.07, 6.45) is 7.67. The van der Waals surface area contributed by atoms with Crippen molar-refractivity contribution in [1.82, 2.24) is 19.9 Å². The molecule has 2 aromatic carbocycles. The fourth-order valence-corrected chi connectivity index (χ4v) is 3.53. The minimum absolute atomic E-state index is 0.679. The van der Waals surface area contributed by atoms with E-state index in [4.69, 9.17) is 11.6 Å². The van der Waals surface area contributed by atoms with Crippen LogP contribution in [0, 0.1) is 6.92 Å². The number of hydrogen-bond acceptors (Lipinski definition) is 2. The predicted molar refractivity (Wildman–Crippen MR) is 106 cm³/mol. The molecule has 26 heavy (non-hydrogen) atoms. The number of aromatic nitrogens is 4. The van der Waals surface area contributed by atoms with Crippen LogP contribution in [0.25, 0.3) is 44.3 Å². The molecule has 0 fully saturated rings. The lowest BCUT2D eigenvalue weighted by Crippen LogP contribution is -1.89. The minimum atomic E-state index is 0.679. The molecule has 0 bridgehead atoms. The van der Waals surface area contributed by atoms with Crippen molar-refractivity contribution in [3.8, 4) is 22.5 Å². The van der Waals surface area contributed by atoms with Crippen LogP contribution in [0.5, 0.6) is 0 Å². The second kappa shape index (κ2) is 5.71. The van der Waals surface area contributed by atoms with E-state index in [0.717, 1.165) is 33.1 Å². The Hall–Kier alpha value is -3.11. The van der Waals surface area contributed by atoms with Crippen molar-refractivity contribution >= 4 is 33.4 Å². The Balaban J connectivity index is 1.60. The first-order valence-electron chi connectivity index (χ1n) is 8.36. The van der Waals surface area contributed by atoms with E-state index < -0.39 is 0 Å². The normalized spacial score (nSPS) is 11.5. The highest BCUT2D eigenvalue weighted by atomic mass is 35.5. The third-order valence-electron chi connectivity index (χ3n) is 4.68. The molecule has 0 aliphatic rings. The van der Waals surface area contributed by atoms with Crippen LogP contribution in [0.15, 0.2) is 61.2 Å². The number of aryl methyl sites for hydroxylation is 1. The summed E-state index contributed by atoms with van der Waals surface area (Å²) < 4.78 is 0. The molecule has 0 saturated carbocycles. The van der Waals surface area contributed by atoms with Crippen molar-refractivity contribution in [2.45, 2.75) is 6.92 Å². The van der Waals surface area contributed by atoms with Gasteiger partial charge in [0.05, 0.1) is 0 Å². The molecule has 5 heteroatoms. The number of nitrogens with zero attached hydrogens (tertiary/aromatic N) is 2. The Labute approximate surface area is 154 Å². The van der Waals surface area contributed by atoms with Gasteiger partial charge in [0.1, 0.15) is 0 Å². The zero-order valence-electron chi connectivity index (χ0n) is 14.0. The van der Waals surface area contributed by atoms with Gasteiger partial charge >= 0.3 is 0 Å². The average molecular weight is 359 g/mol. The van der Waals surface area contributed by atoms with Crippen molar-refractivity contribution in [3.05, 3.63) is 71.8 Å². The second-order valence-electron chi connectivity index (χ2n) is 6.44. The van der Waals surface area contributed by atoms with Crippen LogP contribution in [0.4, 0.5) is 0 Å². The molecular formula is C21H15ClN4. The Morgan fingerprint density at radius 3 is 2.23 bits per heavy atom. The average Bonchev–Trinajstić information content (AvgIpc) is 3.25. The number of nitrogens with one attached hydrogen (secondary N) is 2. The quantitative estimate of drug-likeness (QED) is 0.423. The molecule has 0 aliphatic carbocycles. The van der Waals surface area contributed by atoms with Crippen LogP contribution in [-0.2, 0) is 0 Å². The molecule has 0 spiro atoms. The number of hydrogen-bond donors (Lipinski definition) is 2. The van der Waals surface area contributed by atoms with Gasteiger partial charge < -0.3 is 9.97 Å². The molecule has 2 N–H and O–H groups in total. The van der Waals surface area contributed by atoms with E-state index in [9.17, 15) is 0 Å². The lowest BCUT2D eigenvalue weighted by molar-refractivity contribution is 1.18. The van der Waals surface area contributed by atoms with Crippen LogP contribution in [0.1, 0.15) is 5.56 Å². The summed E-state index contributed by atoms with van der Waals surface area (Å²) in [5.74, 6) is 0.679. The monoisotopic (exact) mass is 358 g/mol. The molecule has 0 amide bonds. The molecular weight excluding hydrogens is 344 g/mol. The maximum absolute atomic E-state index is 6.14. The first-order chi connectivity index (χ1) is 12.7. The van der Waals surface area contributed by atoms with Crippen LogP contribution >= 0.6 is 11.6 Å². The first kappa shape index (κ1) is 15.2. The first-order valence-corrected chi connectivity index (χ1v) is 8.74. The number of rotatable bonds is 2. The number of benzene rings is 2. The molecule has 3 aromatic heterocycles. The van der Waals surface area contributed by atoms with E-state index in [1.165, 1.54) is 10.9 Å². The Morgan fingerprint density at radius 1 is 0.808 bits per heavy atom. The third-order valence-corrected chi connectivity index (χ3v) is 4.92. The third kappa shape index (κ3) is 2.38. The van der Waals surface area contributed by atoms with E-state index in [2.05, 4.69) is 45.1 Å². The lowest BCUT2D eigenvalue weighted by atomic mass is 10.1. The van der Waals surface area contributed by atoms with Gasteiger partial charge in [-0.25, -0.2) is 9.97 Å².